The van der Waals surface area contributed by atoms with E-state index in [9.17, 15) is 5.11 Å². The van der Waals surface area contributed by atoms with E-state index in [1.165, 1.54) is 11.1 Å². The predicted octanol–water partition coefficient (Wildman–Crippen LogP) is 2.47. The van der Waals surface area contributed by atoms with Gasteiger partial charge in [-0.1, -0.05) is 38.1 Å². The van der Waals surface area contributed by atoms with Crippen LogP contribution in [0.5, 0.6) is 0 Å². The number of rotatable bonds is 3. The fourth-order valence-corrected chi connectivity index (χ4v) is 2.72. The number of hydrogen-bond donors (Lipinski definition) is 2. The van der Waals surface area contributed by atoms with Crippen molar-refractivity contribution in [2.45, 2.75) is 44.6 Å². The first-order chi connectivity index (χ1) is 8.11. The van der Waals surface area contributed by atoms with Crippen LogP contribution in [-0.2, 0) is 6.42 Å². The molecule has 1 aliphatic heterocycles. The van der Waals surface area contributed by atoms with Gasteiger partial charge in [-0.05, 0) is 36.4 Å². The molecule has 94 valence electrons. The number of benzene rings is 1. The second-order valence-corrected chi connectivity index (χ2v) is 5.53. The molecular formula is C15H23NO. The number of aliphatic hydroxyl groups is 1. The quantitative estimate of drug-likeness (QED) is 0.840. The van der Waals surface area contributed by atoms with Gasteiger partial charge in [-0.3, -0.25) is 0 Å². The van der Waals surface area contributed by atoms with Gasteiger partial charge in [0.05, 0.1) is 5.60 Å². The average Bonchev–Trinajstić information content (AvgIpc) is 2.29. The summed E-state index contributed by atoms with van der Waals surface area (Å²) in [7, 11) is 0. The zero-order valence-corrected chi connectivity index (χ0v) is 10.9. The number of β-amino-alcohol motifs (C(OH)–C–C–N with tert-alkyl or cyclic N) is 1. The SMILES string of the molecule is CC(C)c1ccccc1CC1(O)CCCNC1. The fourth-order valence-electron chi connectivity index (χ4n) is 2.72. The first-order valence-corrected chi connectivity index (χ1v) is 6.62. The minimum absolute atomic E-state index is 0.520. The molecule has 1 aliphatic rings. The molecule has 2 nitrogen and oxygen atoms in total. The van der Waals surface area contributed by atoms with E-state index < -0.39 is 5.60 Å². The zero-order valence-electron chi connectivity index (χ0n) is 10.9. The highest BCUT2D eigenvalue weighted by atomic mass is 16.3. The first kappa shape index (κ1) is 12.6. The molecule has 1 aromatic rings. The Hall–Kier alpha value is -0.860. The highest BCUT2D eigenvalue weighted by Gasteiger charge is 2.30. The fraction of sp³-hybridized carbons (Fsp3) is 0.600. The van der Waals surface area contributed by atoms with Gasteiger partial charge in [0.1, 0.15) is 0 Å². The van der Waals surface area contributed by atoms with Gasteiger partial charge in [0.25, 0.3) is 0 Å². The Morgan fingerprint density at radius 3 is 2.76 bits per heavy atom. The van der Waals surface area contributed by atoms with E-state index >= 15 is 0 Å². The Balaban J connectivity index is 2.17. The molecule has 2 N–H and O–H groups in total. The molecule has 1 fully saturated rings. The maximum atomic E-state index is 10.6. The molecule has 0 amide bonds. The summed E-state index contributed by atoms with van der Waals surface area (Å²) >= 11 is 0. The van der Waals surface area contributed by atoms with Crippen LogP contribution in [0.2, 0.25) is 0 Å². The van der Waals surface area contributed by atoms with Crippen LogP contribution in [0.15, 0.2) is 24.3 Å². The molecule has 1 saturated heterocycles. The molecule has 0 saturated carbocycles. The lowest BCUT2D eigenvalue weighted by atomic mass is 9.84. The average molecular weight is 233 g/mol. The number of hydrogen-bond acceptors (Lipinski definition) is 2. The van der Waals surface area contributed by atoms with Crippen molar-refractivity contribution in [3.05, 3.63) is 35.4 Å². The van der Waals surface area contributed by atoms with Crippen molar-refractivity contribution in [1.29, 1.82) is 0 Å². The molecule has 0 radical (unpaired) electrons. The van der Waals surface area contributed by atoms with E-state index in [0.29, 0.717) is 5.92 Å². The molecule has 1 heterocycles. The molecule has 0 aliphatic carbocycles. The van der Waals surface area contributed by atoms with Crippen molar-refractivity contribution >= 4 is 0 Å². The van der Waals surface area contributed by atoms with Gasteiger partial charge >= 0.3 is 0 Å². The third kappa shape index (κ3) is 3.08. The van der Waals surface area contributed by atoms with Gasteiger partial charge in [-0.25, -0.2) is 0 Å². The Bertz CT molecular complexity index is 367. The molecule has 1 unspecified atom stereocenters. The first-order valence-electron chi connectivity index (χ1n) is 6.62. The summed E-state index contributed by atoms with van der Waals surface area (Å²) in [5.74, 6) is 0.520. The molecule has 17 heavy (non-hydrogen) atoms. The topological polar surface area (TPSA) is 32.3 Å². The molecule has 1 aromatic carbocycles. The smallest absolute Gasteiger partial charge is 0.0812 e. The van der Waals surface area contributed by atoms with E-state index in [1.54, 1.807) is 0 Å². The number of nitrogens with one attached hydrogen (secondary N) is 1. The van der Waals surface area contributed by atoms with E-state index in [2.05, 4.69) is 43.4 Å². The van der Waals surface area contributed by atoms with Crippen LogP contribution in [-0.4, -0.2) is 23.8 Å². The lowest BCUT2D eigenvalue weighted by molar-refractivity contribution is 0.0167. The van der Waals surface area contributed by atoms with Crippen LogP contribution in [0.1, 0.15) is 43.7 Å². The minimum atomic E-state index is -0.552. The highest BCUT2D eigenvalue weighted by Crippen LogP contribution is 2.26. The molecule has 1 atom stereocenters. The molecule has 0 bridgehead atoms. The van der Waals surface area contributed by atoms with Crippen molar-refractivity contribution in [2.24, 2.45) is 0 Å². The van der Waals surface area contributed by atoms with Gasteiger partial charge in [0.2, 0.25) is 0 Å². The Morgan fingerprint density at radius 1 is 1.35 bits per heavy atom. The van der Waals surface area contributed by atoms with Gasteiger partial charge in [0.15, 0.2) is 0 Å². The zero-order chi connectivity index (χ0) is 12.3. The van der Waals surface area contributed by atoms with Gasteiger partial charge in [-0.2, -0.15) is 0 Å². The van der Waals surface area contributed by atoms with Crippen LogP contribution in [0.25, 0.3) is 0 Å². The number of piperidine rings is 1. The van der Waals surface area contributed by atoms with Crippen LogP contribution >= 0.6 is 0 Å². The monoisotopic (exact) mass is 233 g/mol. The maximum Gasteiger partial charge on any atom is 0.0812 e. The summed E-state index contributed by atoms with van der Waals surface area (Å²) in [6.07, 6.45) is 2.75. The Labute approximate surface area is 104 Å². The largest absolute Gasteiger partial charge is 0.388 e. The summed E-state index contributed by atoms with van der Waals surface area (Å²) in [6.45, 7) is 6.18. The van der Waals surface area contributed by atoms with Crippen LogP contribution in [0.3, 0.4) is 0 Å². The van der Waals surface area contributed by atoms with Gasteiger partial charge < -0.3 is 10.4 Å². The molecule has 2 heteroatoms. The highest BCUT2D eigenvalue weighted by molar-refractivity contribution is 5.31. The standard InChI is InChI=1S/C15H23NO/c1-12(2)14-7-4-3-6-13(14)10-15(17)8-5-9-16-11-15/h3-4,6-7,12,16-17H,5,8-11H2,1-2H3. The second kappa shape index (κ2) is 5.19. The lowest BCUT2D eigenvalue weighted by Gasteiger charge is -2.33. The van der Waals surface area contributed by atoms with Crippen molar-refractivity contribution in [3.63, 3.8) is 0 Å². The molecule has 0 spiro atoms. The van der Waals surface area contributed by atoms with Gasteiger partial charge in [0, 0.05) is 13.0 Å². The summed E-state index contributed by atoms with van der Waals surface area (Å²) in [5, 5.41) is 13.9. The normalized spacial score (nSPS) is 25.2. The van der Waals surface area contributed by atoms with Crippen molar-refractivity contribution in [3.8, 4) is 0 Å². The van der Waals surface area contributed by atoms with Crippen molar-refractivity contribution in [2.75, 3.05) is 13.1 Å². The summed E-state index contributed by atoms with van der Waals surface area (Å²) < 4.78 is 0. The minimum Gasteiger partial charge on any atom is -0.388 e. The molecular weight excluding hydrogens is 210 g/mol. The predicted molar refractivity (Wildman–Crippen MR) is 71.3 cm³/mol. The summed E-state index contributed by atoms with van der Waals surface area (Å²) in [6, 6.07) is 8.49. The van der Waals surface area contributed by atoms with E-state index in [4.69, 9.17) is 0 Å². The van der Waals surface area contributed by atoms with Crippen molar-refractivity contribution < 1.29 is 5.11 Å². The van der Waals surface area contributed by atoms with Crippen LogP contribution in [0.4, 0.5) is 0 Å². The molecule has 0 aromatic heterocycles. The van der Waals surface area contributed by atoms with E-state index in [1.807, 2.05) is 0 Å². The van der Waals surface area contributed by atoms with E-state index in [0.717, 1.165) is 32.4 Å². The Morgan fingerprint density at radius 2 is 2.12 bits per heavy atom. The summed E-state index contributed by atoms with van der Waals surface area (Å²) in [5.41, 5.74) is 2.11. The van der Waals surface area contributed by atoms with Crippen LogP contribution < -0.4 is 5.32 Å². The second-order valence-electron chi connectivity index (χ2n) is 5.53. The maximum absolute atomic E-state index is 10.6. The molecule has 2 rings (SSSR count). The van der Waals surface area contributed by atoms with Crippen LogP contribution in [0, 0.1) is 0 Å². The summed E-state index contributed by atoms with van der Waals surface area (Å²) in [4.78, 5) is 0. The lowest BCUT2D eigenvalue weighted by Crippen LogP contribution is -2.47. The third-order valence-corrected chi connectivity index (χ3v) is 3.65. The van der Waals surface area contributed by atoms with Crippen molar-refractivity contribution in [1.82, 2.24) is 5.32 Å². The van der Waals surface area contributed by atoms with Gasteiger partial charge in [-0.15, -0.1) is 0 Å². The Kier molecular flexibility index (Phi) is 3.85. The third-order valence-electron chi connectivity index (χ3n) is 3.65. The van der Waals surface area contributed by atoms with E-state index in [-0.39, 0.29) is 0 Å².